The Morgan fingerprint density at radius 2 is 2.00 bits per heavy atom. The topological polar surface area (TPSA) is 0 Å². The highest BCUT2D eigenvalue weighted by Gasteiger charge is 2.69. The SMILES string of the molecule is ClC1(Cl)CC12CCc1cccc(I)c12. The van der Waals surface area contributed by atoms with Crippen LogP contribution in [0.15, 0.2) is 18.2 Å². The molecule has 14 heavy (non-hydrogen) atoms. The Balaban J connectivity index is 2.20. The van der Waals surface area contributed by atoms with Crippen molar-refractivity contribution in [1.82, 2.24) is 0 Å². The molecule has 0 amide bonds. The van der Waals surface area contributed by atoms with Gasteiger partial charge in [0.25, 0.3) is 0 Å². The molecule has 2 aliphatic carbocycles. The second-order valence-corrected chi connectivity index (χ2v) is 6.88. The minimum Gasteiger partial charge on any atom is -0.101 e. The molecule has 1 atom stereocenters. The first-order valence-electron chi connectivity index (χ1n) is 4.73. The number of aryl methyl sites for hydroxylation is 1. The molecule has 0 bridgehead atoms. The first-order chi connectivity index (χ1) is 6.57. The molecular formula is C11H9Cl2I. The molecule has 3 heteroatoms. The van der Waals surface area contributed by atoms with Gasteiger partial charge in [0.2, 0.25) is 0 Å². The molecule has 1 aromatic carbocycles. The summed E-state index contributed by atoms with van der Waals surface area (Å²) in [5, 5.41) is 0. The Morgan fingerprint density at radius 1 is 1.29 bits per heavy atom. The van der Waals surface area contributed by atoms with Gasteiger partial charge >= 0.3 is 0 Å². The lowest BCUT2D eigenvalue weighted by Crippen LogP contribution is -2.12. The summed E-state index contributed by atoms with van der Waals surface area (Å²) in [6.45, 7) is 0. The van der Waals surface area contributed by atoms with Crippen LogP contribution in [-0.2, 0) is 11.8 Å². The van der Waals surface area contributed by atoms with Gasteiger partial charge in [0.15, 0.2) is 0 Å². The predicted octanol–water partition coefficient (Wildman–Crippen LogP) is 4.05. The van der Waals surface area contributed by atoms with Crippen LogP contribution in [0.4, 0.5) is 0 Å². The molecule has 0 radical (unpaired) electrons. The van der Waals surface area contributed by atoms with E-state index in [0.717, 1.165) is 19.3 Å². The summed E-state index contributed by atoms with van der Waals surface area (Å²) in [6, 6.07) is 6.47. The Bertz CT molecular complexity index is 414. The van der Waals surface area contributed by atoms with Gasteiger partial charge in [-0.3, -0.25) is 0 Å². The van der Waals surface area contributed by atoms with Gasteiger partial charge in [-0.25, -0.2) is 0 Å². The van der Waals surface area contributed by atoms with Gasteiger partial charge in [0, 0.05) is 8.99 Å². The maximum Gasteiger partial charge on any atom is 0.129 e. The lowest BCUT2D eigenvalue weighted by Gasteiger charge is -2.13. The van der Waals surface area contributed by atoms with E-state index in [1.807, 2.05) is 0 Å². The smallest absolute Gasteiger partial charge is 0.101 e. The Hall–Kier alpha value is 0.530. The molecule has 3 rings (SSSR count). The standard InChI is InChI=1S/C11H9Cl2I/c12-11(13)6-10(11)5-4-7-2-1-3-8(14)9(7)10/h1-3H,4-6H2. The van der Waals surface area contributed by atoms with Crippen molar-refractivity contribution in [2.24, 2.45) is 0 Å². The third-order valence-electron chi connectivity index (χ3n) is 3.50. The number of fused-ring (bicyclic) bond motifs is 2. The van der Waals surface area contributed by atoms with E-state index < -0.39 is 4.33 Å². The molecule has 0 heterocycles. The lowest BCUT2D eigenvalue weighted by atomic mass is 9.98. The van der Waals surface area contributed by atoms with Crippen LogP contribution in [0, 0.1) is 3.57 Å². The maximum absolute atomic E-state index is 6.27. The highest BCUT2D eigenvalue weighted by atomic mass is 127. The molecular weight excluding hydrogens is 330 g/mol. The molecule has 0 N–H and O–H groups in total. The molecule has 1 spiro atoms. The number of hydrogen-bond donors (Lipinski definition) is 0. The Morgan fingerprint density at radius 3 is 2.64 bits per heavy atom. The van der Waals surface area contributed by atoms with E-state index in [0.29, 0.717) is 0 Å². The minimum atomic E-state index is -0.500. The van der Waals surface area contributed by atoms with Gasteiger partial charge in [0.1, 0.15) is 4.33 Å². The highest BCUT2D eigenvalue weighted by molar-refractivity contribution is 14.1. The molecule has 0 aromatic heterocycles. The van der Waals surface area contributed by atoms with E-state index in [4.69, 9.17) is 23.2 Å². The predicted molar refractivity (Wildman–Crippen MR) is 68.2 cm³/mol. The number of alkyl halides is 2. The van der Waals surface area contributed by atoms with Crippen molar-refractivity contribution in [3.05, 3.63) is 32.9 Å². The third kappa shape index (κ3) is 1.07. The number of benzene rings is 1. The van der Waals surface area contributed by atoms with Gasteiger partial charge in [-0.2, -0.15) is 0 Å². The molecule has 1 aromatic rings. The second-order valence-electron chi connectivity index (χ2n) is 4.24. The van der Waals surface area contributed by atoms with Gasteiger partial charge in [-0.1, -0.05) is 12.1 Å². The minimum absolute atomic E-state index is 0.0865. The summed E-state index contributed by atoms with van der Waals surface area (Å²) in [5.41, 5.74) is 2.95. The maximum atomic E-state index is 6.27. The zero-order valence-corrected chi connectivity index (χ0v) is 11.2. The van der Waals surface area contributed by atoms with Gasteiger partial charge in [-0.15, -0.1) is 23.2 Å². The van der Waals surface area contributed by atoms with Crippen LogP contribution in [0.5, 0.6) is 0 Å². The molecule has 0 aliphatic heterocycles. The van der Waals surface area contributed by atoms with Crippen molar-refractivity contribution in [1.29, 1.82) is 0 Å². The summed E-state index contributed by atoms with van der Waals surface area (Å²) in [5.74, 6) is 0. The zero-order valence-electron chi connectivity index (χ0n) is 7.49. The molecule has 1 fully saturated rings. The van der Waals surface area contributed by atoms with Crippen molar-refractivity contribution >= 4 is 45.8 Å². The van der Waals surface area contributed by atoms with E-state index in [-0.39, 0.29) is 5.41 Å². The fraction of sp³-hybridized carbons (Fsp3) is 0.455. The van der Waals surface area contributed by atoms with Crippen molar-refractivity contribution in [3.8, 4) is 0 Å². The summed E-state index contributed by atoms with van der Waals surface area (Å²) >= 11 is 14.9. The van der Waals surface area contributed by atoms with Crippen LogP contribution < -0.4 is 0 Å². The largest absolute Gasteiger partial charge is 0.129 e. The molecule has 0 nitrogen and oxygen atoms in total. The van der Waals surface area contributed by atoms with Crippen molar-refractivity contribution in [2.75, 3.05) is 0 Å². The van der Waals surface area contributed by atoms with E-state index in [2.05, 4.69) is 40.8 Å². The monoisotopic (exact) mass is 338 g/mol. The fourth-order valence-electron chi connectivity index (χ4n) is 2.66. The summed E-state index contributed by atoms with van der Waals surface area (Å²) < 4.78 is 0.820. The first-order valence-corrected chi connectivity index (χ1v) is 6.56. The number of halogens is 3. The number of rotatable bonds is 0. The van der Waals surface area contributed by atoms with Gasteiger partial charge in [0.05, 0.1) is 0 Å². The van der Waals surface area contributed by atoms with E-state index in [1.54, 1.807) is 0 Å². The average molecular weight is 339 g/mol. The van der Waals surface area contributed by atoms with Crippen molar-refractivity contribution in [2.45, 2.75) is 29.0 Å². The first kappa shape index (κ1) is 9.73. The molecule has 1 unspecified atom stereocenters. The van der Waals surface area contributed by atoms with E-state index in [1.165, 1.54) is 14.7 Å². The van der Waals surface area contributed by atoms with E-state index >= 15 is 0 Å². The van der Waals surface area contributed by atoms with Crippen molar-refractivity contribution in [3.63, 3.8) is 0 Å². The average Bonchev–Trinajstić information content (AvgIpc) is 2.52. The molecule has 1 saturated carbocycles. The lowest BCUT2D eigenvalue weighted by molar-refractivity contribution is 0.669. The molecule has 0 saturated heterocycles. The van der Waals surface area contributed by atoms with Crippen LogP contribution in [0.25, 0.3) is 0 Å². The summed E-state index contributed by atoms with van der Waals surface area (Å²) in [4.78, 5) is 0. The second kappa shape index (κ2) is 2.80. The van der Waals surface area contributed by atoms with Crippen LogP contribution >= 0.6 is 45.8 Å². The van der Waals surface area contributed by atoms with Gasteiger partial charge in [-0.05, 0) is 59.0 Å². The van der Waals surface area contributed by atoms with Crippen LogP contribution in [0.3, 0.4) is 0 Å². The Kier molecular flexibility index (Phi) is 1.95. The van der Waals surface area contributed by atoms with Crippen LogP contribution in [0.2, 0.25) is 0 Å². The summed E-state index contributed by atoms with van der Waals surface area (Å²) in [6.07, 6.45) is 3.18. The quantitative estimate of drug-likeness (QED) is 0.494. The number of hydrogen-bond acceptors (Lipinski definition) is 0. The zero-order chi connectivity index (χ0) is 9.97. The summed E-state index contributed by atoms with van der Waals surface area (Å²) in [7, 11) is 0. The van der Waals surface area contributed by atoms with Gasteiger partial charge < -0.3 is 0 Å². The molecule has 74 valence electrons. The molecule has 2 aliphatic rings. The van der Waals surface area contributed by atoms with E-state index in [9.17, 15) is 0 Å². The van der Waals surface area contributed by atoms with Crippen LogP contribution in [0.1, 0.15) is 24.0 Å². The fourth-order valence-corrected chi connectivity index (χ4v) is 4.57. The third-order valence-corrected chi connectivity index (χ3v) is 5.39. The van der Waals surface area contributed by atoms with Crippen LogP contribution in [-0.4, -0.2) is 4.33 Å². The normalized spacial score (nSPS) is 31.9. The van der Waals surface area contributed by atoms with Crippen molar-refractivity contribution < 1.29 is 0 Å². The highest BCUT2D eigenvalue weighted by Crippen LogP contribution is 2.70. The Labute approximate surface area is 107 Å².